The van der Waals surface area contributed by atoms with Crippen LogP contribution in [0.4, 0.5) is 0 Å². The van der Waals surface area contributed by atoms with Gasteiger partial charge in [0.1, 0.15) is 6.04 Å². The maximum atomic E-state index is 12.1. The number of amides is 2. The van der Waals surface area contributed by atoms with Gasteiger partial charge in [-0.15, -0.1) is 0 Å². The lowest BCUT2D eigenvalue weighted by atomic mass is 9.78. The Morgan fingerprint density at radius 1 is 1.21 bits per heavy atom. The monoisotopic (exact) mass is 270 g/mol. The lowest BCUT2D eigenvalue weighted by Gasteiger charge is -2.28. The van der Waals surface area contributed by atoms with Crippen molar-refractivity contribution in [3.63, 3.8) is 0 Å². The standard InChI is InChI=1S/C13H22N2O4/c1-3-14-11(16)8(2)15-12(17)9-6-4-5-7-10(9)13(18)19/h8-10H,3-7H2,1-2H3,(H,14,16)(H,15,17)(H,18,19). The van der Waals surface area contributed by atoms with E-state index in [1.807, 2.05) is 0 Å². The van der Waals surface area contributed by atoms with E-state index < -0.39 is 23.8 Å². The van der Waals surface area contributed by atoms with Gasteiger partial charge >= 0.3 is 5.97 Å². The third-order valence-corrected chi connectivity index (χ3v) is 3.52. The highest BCUT2D eigenvalue weighted by Crippen LogP contribution is 2.30. The Morgan fingerprint density at radius 3 is 2.32 bits per heavy atom. The van der Waals surface area contributed by atoms with E-state index in [2.05, 4.69) is 10.6 Å². The SMILES string of the molecule is CCNC(=O)C(C)NC(=O)C1CCCCC1C(=O)O. The van der Waals surface area contributed by atoms with Gasteiger partial charge in [-0.25, -0.2) is 0 Å². The molecule has 1 rings (SSSR count). The van der Waals surface area contributed by atoms with Crippen LogP contribution in [0.2, 0.25) is 0 Å². The Labute approximate surface area is 112 Å². The first kappa shape index (κ1) is 15.5. The number of aliphatic carboxylic acids is 1. The summed E-state index contributed by atoms with van der Waals surface area (Å²) >= 11 is 0. The molecule has 1 saturated carbocycles. The molecule has 6 nitrogen and oxygen atoms in total. The predicted molar refractivity (Wildman–Crippen MR) is 69.4 cm³/mol. The van der Waals surface area contributed by atoms with Crippen molar-refractivity contribution in [2.75, 3.05) is 6.54 Å². The molecule has 19 heavy (non-hydrogen) atoms. The van der Waals surface area contributed by atoms with Crippen LogP contribution in [-0.4, -0.2) is 35.5 Å². The number of carbonyl (C=O) groups excluding carboxylic acids is 2. The molecular formula is C13H22N2O4. The van der Waals surface area contributed by atoms with Gasteiger partial charge in [0.15, 0.2) is 0 Å². The first-order valence-corrected chi connectivity index (χ1v) is 6.78. The van der Waals surface area contributed by atoms with Crippen molar-refractivity contribution in [2.24, 2.45) is 11.8 Å². The van der Waals surface area contributed by atoms with Gasteiger partial charge in [-0.1, -0.05) is 12.8 Å². The third kappa shape index (κ3) is 4.22. The van der Waals surface area contributed by atoms with Crippen LogP contribution in [-0.2, 0) is 14.4 Å². The van der Waals surface area contributed by atoms with Crippen molar-refractivity contribution >= 4 is 17.8 Å². The Morgan fingerprint density at radius 2 is 1.79 bits per heavy atom. The van der Waals surface area contributed by atoms with E-state index >= 15 is 0 Å². The molecule has 3 atom stereocenters. The molecule has 1 aliphatic rings. The fourth-order valence-electron chi connectivity index (χ4n) is 2.45. The first-order chi connectivity index (χ1) is 8.97. The molecule has 0 aromatic carbocycles. The molecule has 108 valence electrons. The second-order valence-electron chi connectivity index (χ2n) is 4.96. The second kappa shape index (κ2) is 7.11. The van der Waals surface area contributed by atoms with Gasteiger partial charge in [-0.2, -0.15) is 0 Å². The maximum absolute atomic E-state index is 12.1. The highest BCUT2D eigenvalue weighted by molar-refractivity contribution is 5.90. The summed E-state index contributed by atoms with van der Waals surface area (Å²) in [5, 5.41) is 14.3. The fraction of sp³-hybridized carbons (Fsp3) is 0.769. The molecule has 0 aromatic heterocycles. The summed E-state index contributed by atoms with van der Waals surface area (Å²) in [5.74, 6) is -2.66. The van der Waals surface area contributed by atoms with Crippen LogP contribution in [0, 0.1) is 11.8 Å². The van der Waals surface area contributed by atoms with E-state index in [1.165, 1.54) is 0 Å². The van der Waals surface area contributed by atoms with E-state index in [0.29, 0.717) is 19.4 Å². The van der Waals surface area contributed by atoms with Gasteiger partial charge in [0.25, 0.3) is 0 Å². The molecule has 0 saturated heterocycles. The number of likely N-dealkylation sites (N-methyl/N-ethyl adjacent to an activating group) is 1. The van der Waals surface area contributed by atoms with Gasteiger partial charge < -0.3 is 15.7 Å². The highest BCUT2D eigenvalue weighted by atomic mass is 16.4. The molecule has 0 aliphatic heterocycles. The lowest BCUT2D eigenvalue weighted by Crippen LogP contribution is -2.49. The minimum atomic E-state index is -0.925. The van der Waals surface area contributed by atoms with Gasteiger partial charge in [-0.3, -0.25) is 14.4 Å². The number of carboxylic acids is 1. The van der Waals surface area contributed by atoms with E-state index in [4.69, 9.17) is 5.11 Å². The topological polar surface area (TPSA) is 95.5 Å². The third-order valence-electron chi connectivity index (χ3n) is 3.52. The number of nitrogens with one attached hydrogen (secondary N) is 2. The maximum Gasteiger partial charge on any atom is 0.307 e. The Hall–Kier alpha value is -1.59. The average molecular weight is 270 g/mol. The first-order valence-electron chi connectivity index (χ1n) is 6.78. The normalized spacial score (nSPS) is 24.3. The predicted octanol–water partition coefficient (Wildman–Crippen LogP) is 0.518. The second-order valence-corrected chi connectivity index (χ2v) is 4.96. The van der Waals surface area contributed by atoms with E-state index in [9.17, 15) is 14.4 Å². The summed E-state index contributed by atoms with van der Waals surface area (Å²) in [4.78, 5) is 34.7. The van der Waals surface area contributed by atoms with E-state index in [1.54, 1.807) is 13.8 Å². The van der Waals surface area contributed by atoms with E-state index in [-0.39, 0.29) is 11.8 Å². The van der Waals surface area contributed by atoms with Crippen molar-refractivity contribution in [2.45, 2.75) is 45.6 Å². The summed E-state index contributed by atoms with van der Waals surface area (Å²) in [5.41, 5.74) is 0. The zero-order valence-corrected chi connectivity index (χ0v) is 11.4. The van der Waals surface area contributed by atoms with Crippen LogP contribution >= 0.6 is 0 Å². The van der Waals surface area contributed by atoms with Crippen LogP contribution < -0.4 is 10.6 Å². The molecule has 0 spiro atoms. The number of hydrogen-bond acceptors (Lipinski definition) is 3. The van der Waals surface area contributed by atoms with Crippen LogP contribution in [0.1, 0.15) is 39.5 Å². The van der Waals surface area contributed by atoms with Crippen LogP contribution in [0.5, 0.6) is 0 Å². The molecule has 0 aromatic rings. The lowest BCUT2D eigenvalue weighted by molar-refractivity contribution is -0.149. The van der Waals surface area contributed by atoms with E-state index in [0.717, 1.165) is 12.8 Å². The zero-order chi connectivity index (χ0) is 14.4. The molecule has 2 amide bonds. The Bertz CT molecular complexity index is 357. The summed E-state index contributed by atoms with van der Waals surface area (Å²) in [6.07, 6.45) is 2.80. The van der Waals surface area contributed by atoms with Gasteiger partial charge in [0, 0.05) is 6.54 Å². The Balaban J connectivity index is 2.60. The van der Waals surface area contributed by atoms with Crippen LogP contribution in [0.25, 0.3) is 0 Å². The number of carboxylic acid groups (broad SMARTS) is 1. The fourth-order valence-corrected chi connectivity index (χ4v) is 2.45. The summed E-state index contributed by atoms with van der Waals surface area (Å²) < 4.78 is 0. The average Bonchev–Trinajstić information content (AvgIpc) is 2.38. The van der Waals surface area contributed by atoms with Gasteiger partial charge in [0.05, 0.1) is 11.8 Å². The van der Waals surface area contributed by atoms with Crippen molar-refractivity contribution in [1.29, 1.82) is 0 Å². The molecule has 1 fully saturated rings. The number of carbonyl (C=O) groups is 3. The highest BCUT2D eigenvalue weighted by Gasteiger charge is 2.36. The summed E-state index contributed by atoms with van der Waals surface area (Å²) in [6.45, 7) is 3.90. The van der Waals surface area contributed by atoms with Crippen molar-refractivity contribution in [1.82, 2.24) is 10.6 Å². The Kier molecular flexibility index (Phi) is 5.79. The summed E-state index contributed by atoms with van der Waals surface area (Å²) in [7, 11) is 0. The van der Waals surface area contributed by atoms with Crippen molar-refractivity contribution in [3.8, 4) is 0 Å². The quantitative estimate of drug-likeness (QED) is 0.678. The molecule has 3 N–H and O–H groups in total. The summed E-state index contributed by atoms with van der Waals surface area (Å²) in [6, 6.07) is -0.635. The van der Waals surface area contributed by atoms with Crippen molar-refractivity contribution < 1.29 is 19.5 Å². The molecule has 1 aliphatic carbocycles. The minimum absolute atomic E-state index is 0.251. The van der Waals surface area contributed by atoms with Gasteiger partial charge in [0.2, 0.25) is 11.8 Å². The molecule has 3 unspecified atom stereocenters. The molecular weight excluding hydrogens is 248 g/mol. The largest absolute Gasteiger partial charge is 0.481 e. The number of rotatable bonds is 5. The van der Waals surface area contributed by atoms with Gasteiger partial charge in [-0.05, 0) is 26.7 Å². The number of hydrogen-bond donors (Lipinski definition) is 3. The molecule has 0 radical (unpaired) electrons. The molecule has 6 heteroatoms. The smallest absolute Gasteiger partial charge is 0.307 e. The molecule has 0 bridgehead atoms. The van der Waals surface area contributed by atoms with Crippen molar-refractivity contribution in [3.05, 3.63) is 0 Å². The van der Waals surface area contributed by atoms with Crippen LogP contribution in [0.15, 0.2) is 0 Å². The zero-order valence-electron chi connectivity index (χ0n) is 11.4. The van der Waals surface area contributed by atoms with Crippen LogP contribution in [0.3, 0.4) is 0 Å². The molecule has 0 heterocycles. The minimum Gasteiger partial charge on any atom is -0.481 e.